The number of ether oxygens (including phenoxy) is 2. The predicted octanol–water partition coefficient (Wildman–Crippen LogP) is -1.40. The van der Waals surface area contributed by atoms with Crippen molar-refractivity contribution in [3.05, 3.63) is 0 Å². The molecule has 4 N–H and O–H groups in total. The van der Waals surface area contributed by atoms with Gasteiger partial charge in [0.25, 0.3) is 0 Å². The Morgan fingerprint density at radius 3 is 2.38 bits per heavy atom. The predicted molar refractivity (Wildman–Crippen MR) is 54.6 cm³/mol. The first-order valence-electron chi connectivity index (χ1n) is 5.54. The van der Waals surface area contributed by atoms with E-state index >= 15 is 0 Å². The zero-order valence-corrected chi connectivity index (χ0v) is 9.32. The summed E-state index contributed by atoms with van der Waals surface area (Å²) in [6.45, 7) is 1.97. The molecule has 1 aliphatic rings. The van der Waals surface area contributed by atoms with Crippen LogP contribution in [0, 0.1) is 0 Å². The summed E-state index contributed by atoms with van der Waals surface area (Å²) in [4.78, 5) is 0. The number of aliphatic hydroxyl groups excluding tert-OH is 4. The van der Waals surface area contributed by atoms with Gasteiger partial charge >= 0.3 is 0 Å². The van der Waals surface area contributed by atoms with Gasteiger partial charge in [-0.15, -0.1) is 0 Å². The summed E-state index contributed by atoms with van der Waals surface area (Å²) in [6, 6.07) is 0. The van der Waals surface area contributed by atoms with E-state index < -0.39 is 37.3 Å². The number of aliphatic hydroxyl groups is 4. The molecule has 0 unspecified atom stereocenters. The van der Waals surface area contributed by atoms with Crippen LogP contribution in [0.5, 0.6) is 0 Å². The van der Waals surface area contributed by atoms with Crippen molar-refractivity contribution < 1.29 is 29.9 Å². The summed E-state index contributed by atoms with van der Waals surface area (Å²) in [5, 5.41) is 37.5. The van der Waals surface area contributed by atoms with Crippen molar-refractivity contribution in [1.29, 1.82) is 0 Å². The van der Waals surface area contributed by atoms with Crippen LogP contribution in [0.1, 0.15) is 19.8 Å². The number of rotatable bonds is 5. The van der Waals surface area contributed by atoms with Gasteiger partial charge in [-0.2, -0.15) is 0 Å². The molecule has 0 spiro atoms. The first-order valence-corrected chi connectivity index (χ1v) is 5.54. The topological polar surface area (TPSA) is 99.4 Å². The second-order valence-corrected chi connectivity index (χ2v) is 3.92. The summed E-state index contributed by atoms with van der Waals surface area (Å²) in [6.07, 6.45) is -4.13. The normalized spacial score (nSPS) is 39.9. The quantitative estimate of drug-likeness (QED) is 0.438. The first kappa shape index (κ1) is 13.8. The largest absolute Gasteiger partial charge is 0.394 e. The lowest BCUT2D eigenvalue weighted by molar-refractivity contribution is -0.301. The Hall–Kier alpha value is -0.240. The number of unbranched alkanes of at least 4 members (excludes halogenated alkanes) is 1. The van der Waals surface area contributed by atoms with Gasteiger partial charge < -0.3 is 29.9 Å². The van der Waals surface area contributed by atoms with Crippen molar-refractivity contribution in [2.75, 3.05) is 13.2 Å². The third-order valence-corrected chi connectivity index (χ3v) is 2.63. The van der Waals surface area contributed by atoms with Gasteiger partial charge in [-0.05, 0) is 6.42 Å². The Labute approximate surface area is 94.4 Å². The molecule has 96 valence electrons. The van der Waals surface area contributed by atoms with E-state index in [9.17, 15) is 15.3 Å². The Kier molecular flexibility index (Phi) is 5.60. The second kappa shape index (κ2) is 6.48. The summed E-state index contributed by atoms with van der Waals surface area (Å²) in [5.41, 5.74) is 0. The van der Waals surface area contributed by atoms with Crippen LogP contribution >= 0.6 is 0 Å². The van der Waals surface area contributed by atoms with E-state index in [1.54, 1.807) is 0 Å². The fourth-order valence-corrected chi connectivity index (χ4v) is 1.55. The highest BCUT2D eigenvalue weighted by Crippen LogP contribution is 2.21. The van der Waals surface area contributed by atoms with Gasteiger partial charge in [-0.3, -0.25) is 0 Å². The lowest BCUT2D eigenvalue weighted by atomic mass is 9.99. The Morgan fingerprint density at radius 2 is 1.81 bits per heavy atom. The first-order chi connectivity index (χ1) is 7.61. The minimum absolute atomic E-state index is 0.402. The second-order valence-electron chi connectivity index (χ2n) is 3.92. The van der Waals surface area contributed by atoms with E-state index in [1.165, 1.54) is 0 Å². The van der Waals surface area contributed by atoms with Gasteiger partial charge in [0.1, 0.15) is 24.4 Å². The average molecular weight is 236 g/mol. The van der Waals surface area contributed by atoms with E-state index in [0.717, 1.165) is 12.8 Å². The van der Waals surface area contributed by atoms with Crippen molar-refractivity contribution in [2.45, 2.75) is 50.5 Å². The molecule has 0 aromatic carbocycles. The van der Waals surface area contributed by atoms with E-state index in [1.807, 2.05) is 6.92 Å². The van der Waals surface area contributed by atoms with Gasteiger partial charge in [0.2, 0.25) is 0 Å². The van der Waals surface area contributed by atoms with E-state index in [4.69, 9.17) is 14.6 Å². The van der Waals surface area contributed by atoms with Crippen LogP contribution in [0.2, 0.25) is 0 Å². The molecule has 0 bridgehead atoms. The van der Waals surface area contributed by atoms with Crippen molar-refractivity contribution >= 4 is 0 Å². The molecule has 0 aromatic heterocycles. The van der Waals surface area contributed by atoms with Gasteiger partial charge in [-0.25, -0.2) is 0 Å². The molecule has 0 saturated carbocycles. The standard InChI is InChI=1S/C10H20O6/c1-2-3-4-15-10-9(14)8(13)7(12)6(5-11)16-10/h6-14H,2-5H2,1H3/t6-,7+,8+,9+,10-/m1/s1. The van der Waals surface area contributed by atoms with Crippen molar-refractivity contribution in [1.82, 2.24) is 0 Å². The molecule has 1 aliphatic heterocycles. The molecule has 0 amide bonds. The molecule has 5 atom stereocenters. The minimum Gasteiger partial charge on any atom is -0.394 e. The van der Waals surface area contributed by atoms with Crippen LogP contribution in [0.3, 0.4) is 0 Å². The Balaban J connectivity index is 2.50. The maximum Gasteiger partial charge on any atom is 0.186 e. The molecule has 0 aliphatic carbocycles. The molecular weight excluding hydrogens is 216 g/mol. The minimum atomic E-state index is -1.36. The lowest BCUT2D eigenvalue weighted by Gasteiger charge is -2.39. The van der Waals surface area contributed by atoms with Crippen LogP contribution in [-0.4, -0.2) is 64.3 Å². The van der Waals surface area contributed by atoms with Gasteiger partial charge in [-0.1, -0.05) is 13.3 Å². The third kappa shape index (κ3) is 3.13. The van der Waals surface area contributed by atoms with Crippen LogP contribution in [-0.2, 0) is 9.47 Å². The van der Waals surface area contributed by atoms with E-state index in [2.05, 4.69) is 0 Å². The zero-order chi connectivity index (χ0) is 12.1. The fraction of sp³-hybridized carbons (Fsp3) is 1.00. The summed E-state index contributed by atoms with van der Waals surface area (Å²) >= 11 is 0. The highest BCUT2D eigenvalue weighted by atomic mass is 16.7. The van der Waals surface area contributed by atoms with Crippen LogP contribution in [0.25, 0.3) is 0 Å². The van der Waals surface area contributed by atoms with Crippen molar-refractivity contribution in [3.63, 3.8) is 0 Å². The van der Waals surface area contributed by atoms with Gasteiger partial charge in [0.05, 0.1) is 6.61 Å². The van der Waals surface area contributed by atoms with E-state index in [0.29, 0.717) is 6.61 Å². The summed E-state index contributed by atoms with van der Waals surface area (Å²) < 4.78 is 10.4. The smallest absolute Gasteiger partial charge is 0.186 e. The maximum atomic E-state index is 9.58. The van der Waals surface area contributed by atoms with Crippen LogP contribution in [0.4, 0.5) is 0 Å². The lowest BCUT2D eigenvalue weighted by Crippen LogP contribution is -2.59. The third-order valence-electron chi connectivity index (χ3n) is 2.63. The molecule has 16 heavy (non-hydrogen) atoms. The highest BCUT2D eigenvalue weighted by molar-refractivity contribution is 4.88. The number of hydrogen-bond acceptors (Lipinski definition) is 6. The Morgan fingerprint density at radius 1 is 1.12 bits per heavy atom. The molecule has 6 heteroatoms. The summed E-state index contributed by atoms with van der Waals surface area (Å²) in [7, 11) is 0. The van der Waals surface area contributed by atoms with Gasteiger partial charge in [0.15, 0.2) is 6.29 Å². The molecule has 1 saturated heterocycles. The zero-order valence-electron chi connectivity index (χ0n) is 9.32. The van der Waals surface area contributed by atoms with Crippen molar-refractivity contribution in [2.24, 2.45) is 0 Å². The van der Waals surface area contributed by atoms with Crippen molar-refractivity contribution in [3.8, 4) is 0 Å². The summed E-state index contributed by atoms with van der Waals surface area (Å²) in [5.74, 6) is 0. The fourth-order valence-electron chi connectivity index (χ4n) is 1.55. The molecule has 0 aromatic rings. The SMILES string of the molecule is CCCCO[C@@H]1O[C@H](CO)[C@H](O)[C@H](O)[C@@H]1O. The molecule has 6 nitrogen and oxygen atoms in total. The average Bonchev–Trinajstić information content (AvgIpc) is 2.29. The molecule has 0 radical (unpaired) electrons. The molecule has 1 fully saturated rings. The van der Waals surface area contributed by atoms with E-state index in [-0.39, 0.29) is 0 Å². The monoisotopic (exact) mass is 236 g/mol. The van der Waals surface area contributed by atoms with Crippen LogP contribution < -0.4 is 0 Å². The maximum absolute atomic E-state index is 9.58. The molecule has 1 heterocycles. The molecule has 1 rings (SSSR count). The molecular formula is C10H20O6. The number of hydrogen-bond donors (Lipinski definition) is 4. The van der Waals surface area contributed by atoms with Gasteiger partial charge in [0, 0.05) is 6.61 Å². The Bertz CT molecular complexity index is 198. The van der Waals surface area contributed by atoms with Crippen LogP contribution in [0.15, 0.2) is 0 Å². The highest BCUT2D eigenvalue weighted by Gasteiger charge is 2.43.